The molecule has 17 heavy (non-hydrogen) atoms. The highest BCUT2D eigenvalue weighted by molar-refractivity contribution is 7.99. The molecule has 2 unspecified atom stereocenters. The topological polar surface area (TPSA) is 32.3 Å². The molecule has 1 saturated carbocycles. The summed E-state index contributed by atoms with van der Waals surface area (Å²) in [6, 6.07) is 4.73. The lowest BCUT2D eigenvalue weighted by Crippen LogP contribution is -2.26. The van der Waals surface area contributed by atoms with Crippen LogP contribution in [0.2, 0.25) is 0 Å². The lowest BCUT2D eigenvalue weighted by Gasteiger charge is -2.13. The van der Waals surface area contributed by atoms with Crippen molar-refractivity contribution in [1.29, 1.82) is 0 Å². The van der Waals surface area contributed by atoms with E-state index in [0.717, 1.165) is 16.9 Å². The van der Waals surface area contributed by atoms with E-state index < -0.39 is 0 Å². The molecule has 2 rings (SSSR count). The van der Waals surface area contributed by atoms with Crippen LogP contribution in [0.1, 0.15) is 24.8 Å². The summed E-state index contributed by atoms with van der Waals surface area (Å²) in [5, 5.41) is 13.5. The van der Waals surface area contributed by atoms with Crippen molar-refractivity contribution >= 4 is 11.8 Å². The third-order valence-electron chi connectivity index (χ3n) is 3.26. The fourth-order valence-corrected chi connectivity index (χ4v) is 3.13. The summed E-state index contributed by atoms with van der Waals surface area (Å²) in [7, 11) is 0. The summed E-state index contributed by atoms with van der Waals surface area (Å²) in [4.78, 5) is 0. The molecule has 2 N–H and O–H groups in total. The maximum Gasteiger partial charge on any atom is 0.127 e. The Hall–Kier alpha value is -0.740. The second-order valence-corrected chi connectivity index (χ2v) is 5.70. The summed E-state index contributed by atoms with van der Waals surface area (Å²) >= 11 is 1.92. The van der Waals surface area contributed by atoms with Gasteiger partial charge in [0.1, 0.15) is 11.6 Å². The number of nitrogens with one attached hydrogen (secondary N) is 1. The molecule has 0 spiro atoms. The molecular formula is C13H18FNOS. The minimum Gasteiger partial charge on any atom is -0.508 e. The van der Waals surface area contributed by atoms with E-state index in [0.29, 0.717) is 12.6 Å². The van der Waals surface area contributed by atoms with Crippen molar-refractivity contribution in [2.24, 2.45) is 0 Å². The Morgan fingerprint density at radius 1 is 1.41 bits per heavy atom. The molecule has 0 bridgehead atoms. The first-order chi connectivity index (χ1) is 8.17. The highest BCUT2D eigenvalue weighted by Crippen LogP contribution is 2.28. The molecule has 0 saturated heterocycles. The van der Waals surface area contributed by atoms with Gasteiger partial charge in [0.25, 0.3) is 0 Å². The van der Waals surface area contributed by atoms with E-state index in [1.807, 2.05) is 11.8 Å². The summed E-state index contributed by atoms with van der Waals surface area (Å²) in [6.45, 7) is 0.622. The van der Waals surface area contributed by atoms with E-state index >= 15 is 0 Å². The molecule has 1 aliphatic carbocycles. The molecule has 1 fully saturated rings. The van der Waals surface area contributed by atoms with E-state index in [1.54, 1.807) is 6.07 Å². The number of phenolic OH excluding ortho intramolecular Hbond substituents is 1. The van der Waals surface area contributed by atoms with E-state index in [4.69, 9.17) is 0 Å². The van der Waals surface area contributed by atoms with Gasteiger partial charge >= 0.3 is 0 Å². The number of aromatic hydroxyl groups is 1. The van der Waals surface area contributed by atoms with Gasteiger partial charge in [0.2, 0.25) is 0 Å². The molecular weight excluding hydrogens is 237 g/mol. The van der Waals surface area contributed by atoms with Crippen molar-refractivity contribution in [1.82, 2.24) is 5.32 Å². The second-order valence-electron chi connectivity index (χ2n) is 4.57. The van der Waals surface area contributed by atoms with Crippen LogP contribution in [0.15, 0.2) is 18.2 Å². The van der Waals surface area contributed by atoms with Crippen molar-refractivity contribution in [2.75, 3.05) is 6.26 Å². The quantitative estimate of drug-likeness (QED) is 0.867. The van der Waals surface area contributed by atoms with Gasteiger partial charge in [0, 0.05) is 23.9 Å². The first-order valence-corrected chi connectivity index (χ1v) is 7.21. The summed E-state index contributed by atoms with van der Waals surface area (Å²) < 4.78 is 13.1. The third kappa shape index (κ3) is 3.61. The fraction of sp³-hybridized carbons (Fsp3) is 0.538. The van der Waals surface area contributed by atoms with Crippen LogP contribution in [-0.4, -0.2) is 22.7 Å². The summed E-state index contributed by atoms with van der Waals surface area (Å²) in [6.07, 6.45) is 5.78. The van der Waals surface area contributed by atoms with Crippen LogP contribution in [0, 0.1) is 5.82 Å². The van der Waals surface area contributed by atoms with Crippen LogP contribution in [0.25, 0.3) is 0 Å². The van der Waals surface area contributed by atoms with E-state index in [-0.39, 0.29) is 11.6 Å². The molecule has 1 aromatic rings. The van der Waals surface area contributed by atoms with Gasteiger partial charge in [0.05, 0.1) is 0 Å². The number of thioether (sulfide) groups is 1. The maximum absolute atomic E-state index is 13.1. The molecule has 1 aliphatic rings. The van der Waals surface area contributed by atoms with Crippen molar-refractivity contribution in [3.8, 4) is 5.75 Å². The van der Waals surface area contributed by atoms with Crippen molar-refractivity contribution in [3.05, 3.63) is 29.6 Å². The largest absolute Gasteiger partial charge is 0.508 e. The molecule has 0 heterocycles. The number of benzene rings is 1. The molecule has 0 amide bonds. The van der Waals surface area contributed by atoms with Crippen molar-refractivity contribution in [3.63, 3.8) is 0 Å². The van der Waals surface area contributed by atoms with Crippen LogP contribution in [0.3, 0.4) is 0 Å². The van der Waals surface area contributed by atoms with Crippen LogP contribution >= 0.6 is 11.8 Å². The van der Waals surface area contributed by atoms with E-state index in [9.17, 15) is 9.50 Å². The number of rotatable bonds is 4. The van der Waals surface area contributed by atoms with Gasteiger partial charge in [-0.2, -0.15) is 11.8 Å². The average molecular weight is 255 g/mol. The minimum atomic E-state index is -0.379. The molecule has 1 aromatic carbocycles. The number of halogens is 1. The van der Waals surface area contributed by atoms with Crippen LogP contribution < -0.4 is 5.32 Å². The zero-order valence-electron chi connectivity index (χ0n) is 9.95. The van der Waals surface area contributed by atoms with E-state index in [1.165, 1.54) is 25.3 Å². The number of hydrogen-bond donors (Lipinski definition) is 2. The Labute approximate surface area is 106 Å². The zero-order valence-corrected chi connectivity index (χ0v) is 10.8. The third-order valence-corrected chi connectivity index (χ3v) is 4.35. The van der Waals surface area contributed by atoms with Crippen LogP contribution in [0.5, 0.6) is 5.75 Å². The normalized spacial score (nSPS) is 24.1. The molecule has 2 nitrogen and oxygen atoms in total. The Kier molecular flexibility index (Phi) is 4.29. The highest BCUT2D eigenvalue weighted by Gasteiger charge is 2.23. The first-order valence-electron chi connectivity index (χ1n) is 5.92. The number of hydrogen-bond acceptors (Lipinski definition) is 3. The fourth-order valence-electron chi connectivity index (χ4n) is 2.34. The highest BCUT2D eigenvalue weighted by atomic mass is 32.2. The smallest absolute Gasteiger partial charge is 0.127 e. The van der Waals surface area contributed by atoms with Gasteiger partial charge in [-0.3, -0.25) is 0 Å². The van der Waals surface area contributed by atoms with Crippen LogP contribution in [-0.2, 0) is 6.54 Å². The van der Waals surface area contributed by atoms with Gasteiger partial charge in [0.15, 0.2) is 0 Å². The lowest BCUT2D eigenvalue weighted by molar-refractivity contribution is 0.465. The van der Waals surface area contributed by atoms with Crippen molar-refractivity contribution < 1.29 is 9.50 Å². The Bertz CT molecular complexity index is 365. The Morgan fingerprint density at radius 3 is 2.88 bits per heavy atom. The molecule has 0 aliphatic heterocycles. The standard InChI is InChI=1S/C13H18FNOS/c1-17-13-3-2-11(7-13)15-8-9-4-10(14)6-12(16)5-9/h4-6,11,13,15-16H,2-3,7-8H2,1H3. The summed E-state index contributed by atoms with van der Waals surface area (Å²) in [5.41, 5.74) is 0.801. The summed E-state index contributed by atoms with van der Waals surface area (Å²) in [5.74, 6) is -0.384. The molecule has 0 aromatic heterocycles. The lowest BCUT2D eigenvalue weighted by atomic mass is 10.2. The molecule has 94 valence electrons. The van der Waals surface area contributed by atoms with Crippen LogP contribution in [0.4, 0.5) is 4.39 Å². The average Bonchev–Trinajstić information content (AvgIpc) is 2.73. The predicted octanol–water partition coefficient (Wildman–Crippen LogP) is 2.91. The van der Waals surface area contributed by atoms with Gasteiger partial charge < -0.3 is 10.4 Å². The zero-order chi connectivity index (χ0) is 12.3. The molecule has 2 atom stereocenters. The Balaban J connectivity index is 1.85. The van der Waals surface area contributed by atoms with Gasteiger partial charge in [-0.15, -0.1) is 0 Å². The SMILES string of the molecule is CSC1CCC(NCc2cc(O)cc(F)c2)C1. The van der Waals surface area contributed by atoms with Crippen molar-refractivity contribution in [2.45, 2.75) is 37.1 Å². The van der Waals surface area contributed by atoms with Gasteiger partial charge in [-0.25, -0.2) is 4.39 Å². The monoisotopic (exact) mass is 255 g/mol. The number of phenols is 1. The van der Waals surface area contributed by atoms with Gasteiger partial charge in [-0.1, -0.05) is 0 Å². The molecule has 4 heteroatoms. The second kappa shape index (κ2) is 5.74. The maximum atomic E-state index is 13.1. The van der Waals surface area contributed by atoms with Gasteiger partial charge in [-0.05, 0) is 43.2 Å². The minimum absolute atomic E-state index is 0.00443. The first kappa shape index (κ1) is 12.7. The molecule has 0 radical (unpaired) electrons. The predicted molar refractivity (Wildman–Crippen MR) is 69.8 cm³/mol. The Morgan fingerprint density at radius 2 is 2.24 bits per heavy atom. The van der Waals surface area contributed by atoms with E-state index in [2.05, 4.69) is 11.6 Å².